The van der Waals surface area contributed by atoms with E-state index in [0.29, 0.717) is 0 Å². The average Bonchev–Trinajstić information content (AvgIpc) is 2.59. The van der Waals surface area contributed by atoms with E-state index in [1.807, 2.05) is 25.1 Å². The van der Waals surface area contributed by atoms with Crippen LogP contribution < -0.4 is 5.32 Å². The second-order valence-corrected chi connectivity index (χ2v) is 7.56. The van der Waals surface area contributed by atoms with Crippen molar-refractivity contribution in [2.75, 3.05) is 46.3 Å². The van der Waals surface area contributed by atoms with Crippen LogP contribution in [-0.4, -0.2) is 67.3 Å². The van der Waals surface area contributed by atoms with Gasteiger partial charge in [0.15, 0.2) is 0 Å². The molecule has 1 heterocycles. The summed E-state index contributed by atoms with van der Waals surface area (Å²) < 4.78 is 0. The molecule has 128 valence electrons. The number of carbonyl (C=O) groups excluding carboxylic acids is 1. The van der Waals surface area contributed by atoms with E-state index in [9.17, 15) is 4.79 Å². The molecule has 2 rings (SSSR count). The molecule has 1 unspecified atom stereocenters. The summed E-state index contributed by atoms with van der Waals surface area (Å²) in [4.78, 5) is 17.0. The third kappa shape index (κ3) is 6.94. The highest BCUT2D eigenvalue weighted by atomic mass is 32.2. The number of carbonyl (C=O) groups is 1. The highest BCUT2D eigenvalue weighted by molar-refractivity contribution is 7.99. The summed E-state index contributed by atoms with van der Waals surface area (Å²) in [6.45, 7) is 8.45. The number of nitrogens with one attached hydrogen (secondary N) is 1. The highest BCUT2D eigenvalue weighted by Gasteiger charge is 2.15. The monoisotopic (exact) mass is 335 g/mol. The van der Waals surface area contributed by atoms with E-state index in [1.165, 1.54) is 5.56 Å². The van der Waals surface area contributed by atoms with Crippen molar-refractivity contribution in [3.63, 3.8) is 0 Å². The second kappa shape index (κ2) is 9.96. The molecule has 1 aromatic carbocycles. The lowest BCUT2D eigenvalue weighted by Gasteiger charge is -2.32. The van der Waals surface area contributed by atoms with Gasteiger partial charge in [-0.3, -0.25) is 4.79 Å². The van der Waals surface area contributed by atoms with Crippen molar-refractivity contribution in [3.8, 4) is 0 Å². The van der Waals surface area contributed by atoms with E-state index in [-0.39, 0.29) is 11.2 Å². The second-order valence-electron chi connectivity index (χ2n) is 6.23. The lowest BCUT2D eigenvalue weighted by atomic mass is 10.2. The van der Waals surface area contributed by atoms with Gasteiger partial charge in [0.1, 0.15) is 0 Å². The summed E-state index contributed by atoms with van der Waals surface area (Å²) in [5.41, 5.74) is 1.27. The van der Waals surface area contributed by atoms with Crippen molar-refractivity contribution in [2.24, 2.45) is 0 Å². The largest absolute Gasteiger partial charge is 0.355 e. The van der Waals surface area contributed by atoms with Gasteiger partial charge in [-0.2, -0.15) is 0 Å². The standard InChI is InChI=1S/C18H29N3OS/c1-16(23-15-17-7-4-3-5-8-17)18(22)19-9-6-10-21-13-11-20(2)12-14-21/h3-5,7-8,16H,6,9-15H2,1-2H3,(H,19,22). The number of thioether (sulfide) groups is 1. The summed E-state index contributed by atoms with van der Waals surface area (Å²) in [6.07, 6.45) is 1.03. The predicted octanol–water partition coefficient (Wildman–Crippen LogP) is 2.06. The number of piperazine rings is 1. The molecule has 1 aliphatic rings. The van der Waals surface area contributed by atoms with Gasteiger partial charge in [0.25, 0.3) is 0 Å². The van der Waals surface area contributed by atoms with Crippen LogP contribution in [-0.2, 0) is 10.5 Å². The molecule has 0 radical (unpaired) electrons. The summed E-state index contributed by atoms with van der Waals surface area (Å²) in [6, 6.07) is 10.3. The van der Waals surface area contributed by atoms with Gasteiger partial charge in [0.2, 0.25) is 5.91 Å². The number of hydrogen-bond donors (Lipinski definition) is 1. The van der Waals surface area contributed by atoms with Gasteiger partial charge in [0, 0.05) is 38.5 Å². The van der Waals surface area contributed by atoms with Gasteiger partial charge in [-0.15, -0.1) is 11.8 Å². The van der Waals surface area contributed by atoms with Crippen LogP contribution in [0.2, 0.25) is 0 Å². The maximum absolute atomic E-state index is 12.1. The molecular weight excluding hydrogens is 306 g/mol. The smallest absolute Gasteiger partial charge is 0.232 e. The quantitative estimate of drug-likeness (QED) is 0.738. The molecule has 5 heteroatoms. The topological polar surface area (TPSA) is 35.6 Å². The van der Waals surface area contributed by atoms with E-state index in [4.69, 9.17) is 0 Å². The first-order valence-corrected chi connectivity index (χ1v) is 9.54. The Morgan fingerprint density at radius 2 is 1.91 bits per heavy atom. The summed E-state index contributed by atoms with van der Waals surface area (Å²) in [5.74, 6) is 1.04. The average molecular weight is 336 g/mol. The Morgan fingerprint density at radius 3 is 2.61 bits per heavy atom. The van der Waals surface area contributed by atoms with Crippen LogP contribution >= 0.6 is 11.8 Å². The number of nitrogens with zero attached hydrogens (tertiary/aromatic N) is 2. The van der Waals surface area contributed by atoms with Crippen LogP contribution in [0, 0.1) is 0 Å². The van der Waals surface area contributed by atoms with Crippen LogP contribution in [0.25, 0.3) is 0 Å². The Hall–Kier alpha value is -1.04. The molecule has 0 bridgehead atoms. The Morgan fingerprint density at radius 1 is 1.22 bits per heavy atom. The molecule has 1 aromatic rings. The molecule has 23 heavy (non-hydrogen) atoms. The fraction of sp³-hybridized carbons (Fsp3) is 0.611. The van der Waals surface area contributed by atoms with Crippen molar-refractivity contribution in [3.05, 3.63) is 35.9 Å². The number of rotatable bonds is 8. The molecule has 0 spiro atoms. The summed E-state index contributed by atoms with van der Waals surface area (Å²) >= 11 is 1.70. The van der Waals surface area contributed by atoms with Crippen LogP contribution in [0.1, 0.15) is 18.9 Å². The fourth-order valence-corrected chi connectivity index (χ4v) is 3.47. The number of hydrogen-bond acceptors (Lipinski definition) is 4. The van der Waals surface area contributed by atoms with E-state index in [2.05, 4.69) is 34.3 Å². The molecule has 1 amide bonds. The number of benzene rings is 1. The fourth-order valence-electron chi connectivity index (χ4n) is 2.60. The van der Waals surface area contributed by atoms with Crippen molar-refractivity contribution in [2.45, 2.75) is 24.3 Å². The molecule has 1 atom stereocenters. The first-order chi connectivity index (χ1) is 11.1. The van der Waals surface area contributed by atoms with Crippen LogP contribution in [0.5, 0.6) is 0 Å². The van der Waals surface area contributed by atoms with Gasteiger partial charge in [0.05, 0.1) is 5.25 Å². The first kappa shape index (κ1) is 18.3. The van der Waals surface area contributed by atoms with Crippen molar-refractivity contribution >= 4 is 17.7 Å². The SMILES string of the molecule is CC(SCc1ccccc1)C(=O)NCCCN1CCN(C)CC1. The lowest BCUT2D eigenvalue weighted by molar-refractivity contribution is -0.120. The highest BCUT2D eigenvalue weighted by Crippen LogP contribution is 2.17. The van der Waals surface area contributed by atoms with Gasteiger partial charge in [-0.05, 0) is 32.5 Å². The third-order valence-electron chi connectivity index (χ3n) is 4.26. The zero-order valence-electron chi connectivity index (χ0n) is 14.3. The molecule has 0 saturated carbocycles. The Labute approximate surface area is 144 Å². The minimum absolute atomic E-state index is 0.00107. The van der Waals surface area contributed by atoms with E-state index < -0.39 is 0 Å². The molecule has 1 N–H and O–H groups in total. The Bertz CT molecular complexity index is 461. The molecule has 0 aromatic heterocycles. The van der Waals surface area contributed by atoms with E-state index in [1.54, 1.807) is 11.8 Å². The lowest BCUT2D eigenvalue weighted by Crippen LogP contribution is -2.45. The normalized spacial score (nSPS) is 17.8. The zero-order valence-corrected chi connectivity index (χ0v) is 15.1. The molecule has 1 aliphatic heterocycles. The van der Waals surface area contributed by atoms with Crippen LogP contribution in [0.4, 0.5) is 0 Å². The summed E-state index contributed by atoms with van der Waals surface area (Å²) in [7, 11) is 2.17. The Balaban J connectivity index is 1.55. The maximum Gasteiger partial charge on any atom is 0.232 e. The first-order valence-electron chi connectivity index (χ1n) is 8.49. The van der Waals surface area contributed by atoms with Crippen molar-refractivity contribution < 1.29 is 4.79 Å². The van der Waals surface area contributed by atoms with Crippen molar-refractivity contribution in [1.29, 1.82) is 0 Å². The molecule has 0 aliphatic carbocycles. The maximum atomic E-state index is 12.1. The van der Waals surface area contributed by atoms with Crippen LogP contribution in [0.15, 0.2) is 30.3 Å². The third-order valence-corrected chi connectivity index (χ3v) is 5.47. The van der Waals surface area contributed by atoms with Gasteiger partial charge < -0.3 is 15.1 Å². The molecule has 1 fully saturated rings. The van der Waals surface area contributed by atoms with Crippen LogP contribution in [0.3, 0.4) is 0 Å². The predicted molar refractivity (Wildman–Crippen MR) is 98.8 cm³/mol. The molecule has 4 nitrogen and oxygen atoms in total. The number of amides is 1. The minimum Gasteiger partial charge on any atom is -0.355 e. The number of likely N-dealkylation sites (N-methyl/N-ethyl adjacent to an activating group) is 1. The zero-order chi connectivity index (χ0) is 16.5. The van der Waals surface area contributed by atoms with Crippen molar-refractivity contribution in [1.82, 2.24) is 15.1 Å². The molecular formula is C18H29N3OS. The Kier molecular flexibility index (Phi) is 7.92. The molecule has 1 saturated heterocycles. The van der Waals surface area contributed by atoms with Gasteiger partial charge in [-0.1, -0.05) is 30.3 Å². The van der Waals surface area contributed by atoms with E-state index >= 15 is 0 Å². The van der Waals surface area contributed by atoms with E-state index in [0.717, 1.165) is 51.4 Å². The van der Waals surface area contributed by atoms with Gasteiger partial charge >= 0.3 is 0 Å². The van der Waals surface area contributed by atoms with Gasteiger partial charge in [-0.25, -0.2) is 0 Å². The minimum atomic E-state index is -0.00107. The summed E-state index contributed by atoms with van der Waals surface area (Å²) in [5, 5.41) is 3.07.